The van der Waals surface area contributed by atoms with Crippen molar-refractivity contribution >= 4 is 5.88 Å². The van der Waals surface area contributed by atoms with Gasteiger partial charge in [0.15, 0.2) is 0 Å². The molecule has 1 N–H and O–H groups in total. The van der Waals surface area contributed by atoms with Crippen molar-refractivity contribution in [2.75, 3.05) is 20.1 Å². The number of nitrogens with one attached hydrogen (secondary N) is 1. The van der Waals surface area contributed by atoms with E-state index in [-0.39, 0.29) is 5.88 Å². The topological polar surface area (TPSA) is 71.5 Å². The predicted molar refractivity (Wildman–Crippen MR) is 62.7 cm³/mol. The van der Waals surface area contributed by atoms with Gasteiger partial charge in [-0.2, -0.15) is 0 Å². The first-order valence-corrected chi connectivity index (χ1v) is 5.81. The van der Waals surface area contributed by atoms with E-state index in [1.54, 1.807) is 6.07 Å². The third-order valence-corrected chi connectivity index (χ3v) is 3.16. The van der Waals surface area contributed by atoms with Gasteiger partial charge in [-0.15, -0.1) is 0 Å². The number of rotatable bonds is 4. The van der Waals surface area contributed by atoms with Crippen LogP contribution in [0.4, 0.5) is 5.88 Å². The normalized spacial score (nSPS) is 17.5. The molecule has 0 atom stereocenters. The predicted octanol–water partition coefficient (Wildman–Crippen LogP) is 1.37. The highest BCUT2D eigenvalue weighted by Gasteiger charge is 2.20. The van der Waals surface area contributed by atoms with Crippen molar-refractivity contribution in [2.24, 2.45) is 0 Å². The number of piperidine rings is 1. The average Bonchev–Trinajstić information content (AvgIpc) is 2.79. The number of nitro groups is 1. The second-order valence-corrected chi connectivity index (χ2v) is 4.39. The van der Waals surface area contributed by atoms with Gasteiger partial charge in [-0.05, 0) is 39.0 Å². The molecular formula is C11H17N3O3. The highest BCUT2D eigenvalue weighted by molar-refractivity contribution is 5.17. The van der Waals surface area contributed by atoms with Crippen LogP contribution in [0.2, 0.25) is 0 Å². The minimum absolute atomic E-state index is 0.182. The van der Waals surface area contributed by atoms with E-state index < -0.39 is 4.92 Å². The van der Waals surface area contributed by atoms with E-state index in [1.807, 2.05) is 7.05 Å². The fourth-order valence-corrected chi connectivity index (χ4v) is 2.17. The van der Waals surface area contributed by atoms with Gasteiger partial charge in [-0.1, -0.05) is 0 Å². The minimum Gasteiger partial charge on any atom is -0.404 e. The molecule has 0 saturated carbocycles. The summed E-state index contributed by atoms with van der Waals surface area (Å²) in [6, 6.07) is 3.61. The molecule has 0 spiro atoms. The third kappa shape index (κ3) is 3.04. The first-order valence-electron chi connectivity index (χ1n) is 5.81. The molecule has 1 fully saturated rings. The van der Waals surface area contributed by atoms with E-state index in [1.165, 1.54) is 6.07 Å². The first-order chi connectivity index (χ1) is 8.16. The Kier molecular flexibility index (Phi) is 3.75. The van der Waals surface area contributed by atoms with Gasteiger partial charge >= 0.3 is 5.88 Å². The van der Waals surface area contributed by atoms with Gasteiger partial charge in [0, 0.05) is 6.04 Å². The van der Waals surface area contributed by atoms with Crippen LogP contribution in [0.3, 0.4) is 0 Å². The van der Waals surface area contributed by atoms with E-state index in [0.717, 1.165) is 25.9 Å². The van der Waals surface area contributed by atoms with Gasteiger partial charge in [-0.3, -0.25) is 15.0 Å². The van der Waals surface area contributed by atoms with Crippen molar-refractivity contribution in [2.45, 2.75) is 25.4 Å². The zero-order valence-corrected chi connectivity index (χ0v) is 9.89. The quantitative estimate of drug-likeness (QED) is 0.634. The second-order valence-electron chi connectivity index (χ2n) is 4.39. The first kappa shape index (κ1) is 12.1. The van der Waals surface area contributed by atoms with Crippen molar-refractivity contribution in [1.29, 1.82) is 0 Å². The lowest BCUT2D eigenvalue weighted by molar-refractivity contribution is -0.402. The maximum atomic E-state index is 10.5. The second kappa shape index (κ2) is 5.29. The molecule has 1 aromatic rings. The Morgan fingerprint density at radius 2 is 2.24 bits per heavy atom. The van der Waals surface area contributed by atoms with Crippen molar-refractivity contribution in [3.05, 3.63) is 28.0 Å². The number of hydrogen-bond donors (Lipinski definition) is 1. The minimum atomic E-state index is -0.506. The van der Waals surface area contributed by atoms with Gasteiger partial charge in [0.1, 0.15) is 10.7 Å². The van der Waals surface area contributed by atoms with Crippen molar-refractivity contribution < 1.29 is 9.34 Å². The van der Waals surface area contributed by atoms with Crippen LogP contribution in [0.25, 0.3) is 0 Å². The summed E-state index contributed by atoms with van der Waals surface area (Å²) in [7, 11) is 2.03. The van der Waals surface area contributed by atoms with Gasteiger partial charge < -0.3 is 9.73 Å². The molecule has 0 unspecified atom stereocenters. The summed E-state index contributed by atoms with van der Waals surface area (Å²) < 4.78 is 5.15. The molecule has 1 saturated heterocycles. The molecule has 2 heterocycles. The van der Waals surface area contributed by atoms with Crippen LogP contribution in [0, 0.1) is 10.1 Å². The van der Waals surface area contributed by atoms with Crippen LogP contribution in [-0.2, 0) is 6.54 Å². The van der Waals surface area contributed by atoms with Gasteiger partial charge in [-0.25, -0.2) is 0 Å². The Morgan fingerprint density at radius 1 is 1.53 bits per heavy atom. The van der Waals surface area contributed by atoms with Crippen LogP contribution >= 0.6 is 0 Å². The fourth-order valence-electron chi connectivity index (χ4n) is 2.17. The summed E-state index contributed by atoms with van der Waals surface area (Å²) in [5.41, 5.74) is 0. The molecule has 0 aliphatic carbocycles. The SMILES string of the molecule is CN(Cc1ccc([N+](=O)[O-])o1)C1CCNCC1. The van der Waals surface area contributed by atoms with E-state index in [0.29, 0.717) is 18.3 Å². The molecule has 1 aromatic heterocycles. The largest absolute Gasteiger partial charge is 0.433 e. The Labute approximate surface area is 99.7 Å². The van der Waals surface area contributed by atoms with Crippen LogP contribution in [0.5, 0.6) is 0 Å². The molecule has 6 heteroatoms. The molecule has 1 aliphatic rings. The smallest absolute Gasteiger partial charge is 0.404 e. The molecular weight excluding hydrogens is 222 g/mol. The van der Waals surface area contributed by atoms with Crippen LogP contribution in [0.1, 0.15) is 18.6 Å². The lowest BCUT2D eigenvalue weighted by Gasteiger charge is -2.30. The lowest BCUT2D eigenvalue weighted by Crippen LogP contribution is -2.40. The maximum absolute atomic E-state index is 10.5. The summed E-state index contributed by atoms with van der Waals surface area (Å²) in [5.74, 6) is 0.469. The van der Waals surface area contributed by atoms with E-state index >= 15 is 0 Å². The Morgan fingerprint density at radius 3 is 2.82 bits per heavy atom. The summed E-state index contributed by atoms with van der Waals surface area (Å²) in [6.07, 6.45) is 2.22. The summed E-state index contributed by atoms with van der Waals surface area (Å²) in [4.78, 5) is 12.2. The molecule has 6 nitrogen and oxygen atoms in total. The van der Waals surface area contributed by atoms with E-state index in [4.69, 9.17) is 4.42 Å². The van der Waals surface area contributed by atoms with Crippen molar-refractivity contribution in [3.8, 4) is 0 Å². The average molecular weight is 239 g/mol. The summed E-state index contributed by atoms with van der Waals surface area (Å²) in [5, 5.41) is 13.8. The molecule has 0 bridgehead atoms. The molecule has 0 radical (unpaired) electrons. The van der Waals surface area contributed by atoms with Crippen molar-refractivity contribution in [3.63, 3.8) is 0 Å². The standard InChI is InChI=1S/C11H17N3O3/c1-13(9-4-6-12-7-5-9)8-10-2-3-11(17-10)14(15)16/h2-3,9,12H,4-8H2,1H3. The number of furan rings is 1. The summed E-state index contributed by atoms with van der Waals surface area (Å²) in [6.45, 7) is 2.69. The highest BCUT2D eigenvalue weighted by atomic mass is 16.6. The van der Waals surface area contributed by atoms with Crippen LogP contribution in [-0.4, -0.2) is 36.0 Å². The highest BCUT2D eigenvalue weighted by Crippen LogP contribution is 2.19. The molecule has 2 rings (SSSR count). The molecule has 0 aromatic carbocycles. The zero-order chi connectivity index (χ0) is 12.3. The molecule has 1 aliphatic heterocycles. The molecule has 0 amide bonds. The van der Waals surface area contributed by atoms with Gasteiger partial charge in [0.2, 0.25) is 0 Å². The number of hydrogen-bond acceptors (Lipinski definition) is 5. The Bertz CT molecular complexity index is 385. The zero-order valence-electron chi connectivity index (χ0n) is 9.89. The summed E-state index contributed by atoms with van der Waals surface area (Å²) >= 11 is 0. The maximum Gasteiger partial charge on any atom is 0.433 e. The molecule has 94 valence electrons. The Hall–Kier alpha value is -1.40. The van der Waals surface area contributed by atoms with Gasteiger partial charge in [0.05, 0.1) is 12.6 Å². The van der Waals surface area contributed by atoms with Crippen LogP contribution < -0.4 is 5.32 Å². The molecule has 17 heavy (non-hydrogen) atoms. The number of nitrogens with zero attached hydrogens (tertiary/aromatic N) is 2. The third-order valence-electron chi connectivity index (χ3n) is 3.16. The Balaban J connectivity index is 1.92. The van der Waals surface area contributed by atoms with Crippen molar-refractivity contribution in [1.82, 2.24) is 10.2 Å². The van der Waals surface area contributed by atoms with Gasteiger partial charge in [0.25, 0.3) is 0 Å². The van der Waals surface area contributed by atoms with Crippen LogP contribution in [0.15, 0.2) is 16.5 Å². The fraction of sp³-hybridized carbons (Fsp3) is 0.636. The van der Waals surface area contributed by atoms with E-state index in [2.05, 4.69) is 10.2 Å². The van der Waals surface area contributed by atoms with E-state index in [9.17, 15) is 10.1 Å². The lowest BCUT2D eigenvalue weighted by atomic mass is 10.1. The monoisotopic (exact) mass is 239 g/mol.